The molecule has 0 spiro atoms. The normalized spacial score (nSPS) is 17.2. The molecule has 1 aromatic rings. The van der Waals surface area contributed by atoms with Crippen LogP contribution in [0.2, 0.25) is 0 Å². The van der Waals surface area contributed by atoms with Gasteiger partial charge in [-0.2, -0.15) is 10.2 Å². The Morgan fingerprint density at radius 2 is 2.29 bits per heavy atom. The summed E-state index contributed by atoms with van der Waals surface area (Å²) in [6, 6.07) is 2.41. The van der Waals surface area contributed by atoms with Gasteiger partial charge in [0.05, 0.1) is 6.07 Å². The predicted octanol–water partition coefficient (Wildman–Crippen LogP) is 0.233. The van der Waals surface area contributed by atoms with Crippen LogP contribution >= 0.6 is 11.8 Å². The van der Waals surface area contributed by atoms with Crippen LogP contribution < -0.4 is 16.4 Å². The summed E-state index contributed by atoms with van der Waals surface area (Å²) in [6.07, 6.45) is 3.04. The summed E-state index contributed by atoms with van der Waals surface area (Å²) in [6.45, 7) is 2.84. The van der Waals surface area contributed by atoms with Crippen LogP contribution in [0.4, 0.5) is 0 Å². The summed E-state index contributed by atoms with van der Waals surface area (Å²) in [4.78, 5) is 26.3. The first-order chi connectivity index (χ1) is 10.0. The van der Waals surface area contributed by atoms with Crippen LogP contribution in [0.15, 0.2) is 14.7 Å². The highest BCUT2D eigenvalue weighted by Gasteiger charge is 2.45. The van der Waals surface area contributed by atoms with E-state index in [-0.39, 0.29) is 0 Å². The van der Waals surface area contributed by atoms with Crippen molar-refractivity contribution in [3.8, 4) is 6.07 Å². The Morgan fingerprint density at radius 3 is 2.86 bits per heavy atom. The van der Waals surface area contributed by atoms with E-state index in [0.29, 0.717) is 16.8 Å². The molecule has 1 saturated carbocycles. The number of rotatable bonds is 7. The Bertz CT molecular complexity index is 658. The van der Waals surface area contributed by atoms with E-state index in [1.54, 1.807) is 7.05 Å². The van der Waals surface area contributed by atoms with Gasteiger partial charge in [0.25, 0.3) is 0 Å². The van der Waals surface area contributed by atoms with Crippen LogP contribution in [-0.4, -0.2) is 32.6 Å². The molecule has 1 fully saturated rings. The number of aromatic nitrogens is 3. The van der Waals surface area contributed by atoms with E-state index in [1.807, 2.05) is 0 Å². The minimum absolute atomic E-state index is 0.348. The third kappa shape index (κ3) is 3.54. The molecule has 0 aromatic carbocycles. The second-order valence-corrected chi connectivity index (χ2v) is 6.21. The molecule has 114 valence electrons. The molecular weight excluding hydrogens is 290 g/mol. The molecule has 0 radical (unpaired) electrons. The van der Waals surface area contributed by atoms with Gasteiger partial charge in [-0.05, 0) is 31.7 Å². The van der Waals surface area contributed by atoms with Gasteiger partial charge in [0.1, 0.15) is 5.54 Å². The van der Waals surface area contributed by atoms with E-state index in [0.717, 1.165) is 25.8 Å². The van der Waals surface area contributed by atoms with Gasteiger partial charge in [-0.3, -0.25) is 24.7 Å². The lowest BCUT2D eigenvalue weighted by Gasteiger charge is -2.27. The maximum absolute atomic E-state index is 11.3. The smallest absolute Gasteiger partial charge is 0.298 e. The Balaban J connectivity index is 2.15. The molecular formula is C13H19N5O2S. The summed E-state index contributed by atoms with van der Waals surface area (Å²) < 4.78 is 1.42. The van der Waals surface area contributed by atoms with E-state index < -0.39 is 16.7 Å². The maximum atomic E-state index is 11.3. The van der Waals surface area contributed by atoms with Crippen molar-refractivity contribution >= 4 is 11.8 Å². The monoisotopic (exact) mass is 309 g/mol. The quantitative estimate of drug-likeness (QED) is 0.552. The van der Waals surface area contributed by atoms with Gasteiger partial charge >= 0.3 is 11.1 Å². The minimum Gasteiger partial charge on any atom is -0.298 e. The molecule has 1 aliphatic rings. The van der Waals surface area contributed by atoms with Gasteiger partial charge in [-0.15, -0.1) is 0 Å². The van der Waals surface area contributed by atoms with Crippen molar-refractivity contribution < 1.29 is 0 Å². The van der Waals surface area contributed by atoms with Gasteiger partial charge < -0.3 is 0 Å². The summed E-state index contributed by atoms with van der Waals surface area (Å²) in [5, 5.41) is 15.8. The largest absolute Gasteiger partial charge is 0.339 e. The van der Waals surface area contributed by atoms with Crippen LogP contribution in [-0.2, 0) is 7.05 Å². The number of aromatic amines is 1. The molecule has 8 heteroatoms. The molecule has 7 nitrogen and oxygen atoms in total. The van der Waals surface area contributed by atoms with Gasteiger partial charge in [0.15, 0.2) is 5.16 Å². The molecule has 0 bridgehead atoms. The van der Waals surface area contributed by atoms with E-state index in [9.17, 15) is 14.9 Å². The number of aryl methyl sites for hydroxylation is 1. The van der Waals surface area contributed by atoms with Crippen LogP contribution in [0.1, 0.15) is 26.2 Å². The second kappa shape index (κ2) is 6.45. The van der Waals surface area contributed by atoms with Crippen LogP contribution in [0.3, 0.4) is 0 Å². The zero-order valence-corrected chi connectivity index (χ0v) is 13.0. The Labute approximate surface area is 126 Å². The summed E-state index contributed by atoms with van der Waals surface area (Å²) in [7, 11) is 1.63. The fraction of sp³-hybridized carbons (Fsp3) is 0.692. The first-order valence-corrected chi connectivity index (χ1v) is 7.97. The minimum atomic E-state index is -0.800. The second-order valence-electron chi connectivity index (χ2n) is 5.27. The van der Waals surface area contributed by atoms with Gasteiger partial charge in [0, 0.05) is 12.8 Å². The molecule has 0 aliphatic heterocycles. The average Bonchev–Trinajstić information content (AvgIpc) is 3.30. The highest BCUT2D eigenvalue weighted by Crippen LogP contribution is 2.41. The first kappa shape index (κ1) is 15.8. The van der Waals surface area contributed by atoms with Crippen molar-refractivity contribution in [3.05, 3.63) is 20.7 Å². The molecule has 21 heavy (non-hydrogen) atoms. The highest BCUT2D eigenvalue weighted by molar-refractivity contribution is 7.99. The summed E-state index contributed by atoms with van der Waals surface area (Å²) >= 11 is 1.32. The first-order valence-electron chi connectivity index (χ1n) is 6.99. The molecule has 2 rings (SSSR count). The van der Waals surface area contributed by atoms with Gasteiger partial charge in [0.2, 0.25) is 0 Å². The zero-order chi connectivity index (χ0) is 15.5. The Hall–Kier alpha value is -1.59. The Morgan fingerprint density at radius 1 is 1.57 bits per heavy atom. The standard InChI is InChI=1S/C13H19N5O2S/c1-3-6-15-13(7-14,9-4-5-9)8-21-12-16-10(19)11(20)17-18(12)2/h9,15H,3-6,8H2,1-2H3,(H,17,20). The van der Waals surface area contributed by atoms with E-state index in [4.69, 9.17) is 0 Å². The molecule has 1 unspecified atom stereocenters. The third-order valence-corrected chi connectivity index (χ3v) is 4.76. The van der Waals surface area contributed by atoms with Gasteiger partial charge in [-0.1, -0.05) is 18.7 Å². The number of nitrogens with zero attached hydrogens (tertiary/aromatic N) is 3. The molecule has 0 saturated heterocycles. The molecule has 1 atom stereocenters. The van der Waals surface area contributed by atoms with Crippen molar-refractivity contribution in [1.82, 2.24) is 20.1 Å². The van der Waals surface area contributed by atoms with E-state index in [2.05, 4.69) is 28.4 Å². The fourth-order valence-corrected chi connectivity index (χ4v) is 3.31. The highest BCUT2D eigenvalue weighted by atomic mass is 32.2. The van der Waals surface area contributed by atoms with Crippen molar-refractivity contribution in [3.63, 3.8) is 0 Å². The molecule has 0 amide bonds. The maximum Gasteiger partial charge on any atom is 0.339 e. The number of nitriles is 1. The lowest BCUT2D eigenvalue weighted by molar-refractivity contribution is 0.405. The lowest BCUT2D eigenvalue weighted by Crippen LogP contribution is -2.49. The molecule has 1 aliphatic carbocycles. The molecule has 2 N–H and O–H groups in total. The lowest BCUT2D eigenvalue weighted by atomic mass is 9.97. The van der Waals surface area contributed by atoms with Crippen LogP contribution in [0.25, 0.3) is 0 Å². The molecule has 1 aromatic heterocycles. The van der Waals surface area contributed by atoms with Gasteiger partial charge in [-0.25, -0.2) is 0 Å². The third-order valence-electron chi connectivity index (χ3n) is 3.54. The molecule has 1 heterocycles. The number of hydrogen-bond donors (Lipinski definition) is 2. The average molecular weight is 309 g/mol. The van der Waals surface area contributed by atoms with Crippen LogP contribution in [0.5, 0.6) is 0 Å². The number of hydrogen-bond acceptors (Lipinski definition) is 6. The van der Waals surface area contributed by atoms with E-state index >= 15 is 0 Å². The van der Waals surface area contributed by atoms with Crippen molar-refractivity contribution in [2.75, 3.05) is 12.3 Å². The SMILES string of the molecule is CCCNC(C#N)(CSc1nc(=O)c(=O)[nH]n1C)C1CC1. The number of thioether (sulfide) groups is 1. The summed E-state index contributed by atoms with van der Waals surface area (Å²) in [5.41, 5.74) is -2.13. The van der Waals surface area contributed by atoms with E-state index in [1.165, 1.54) is 16.4 Å². The van der Waals surface area contributed by atoms with Crippen LogP contribution in [0, 0.1) is 17.2 Å². The fourth-order valence-electron chi connectivity index (χ4n) is 2.17. The number of H-pyrrole nitrogens is 1. The predicted molar refractivity (Wildman–Crippen MR) is 80.2 cm³/mol. The zero-order valence-electron chi connectivity index (χ0n) is 12.2. The van der Waals surface area contributed by atoms with Crippen molar-refractivity contribution in [2.24, 2.45) is 13.0 Å². The topological polar surface area (TPSA) is 104 Å². The summed E-state index contributed by atoms with van der Waals surface area (Å²) in [5.74, 6) is 0.849. The van der Waals surface area contributed by atoms with Crippen molar-refractivity contribution in [1.29, 1.82) is 5.26 Å². The Kier molecular flexibility index (Phi) is 4.85. The van der Waals surface area contributed by atoms with Crippen molar-refractivity contribution in [2.45, 2.75) is 36.9 Å². The number of nitrogens with one attached hydrogen (secondary N) is 2.